The quantitative estimate of drug-likeness (QED) is 0.670. The molecule has 1 aliphatic carbocycles. The summed E-state index contributed by atoms with van der Waals surface area (Å²) in [5.74, 6) is 0.817. The summed E-state index contributed by atoms with van der Waals surface area (Å²) in [5, 5.41) is 2.14. The molecule has 0 radical (unpaired) electrons. The lowest BCUT2D eigenvalue weighted by Gasteiger charge is -2.00. The van der Waals surface area contributed by atoms with Crippen molar-refractivity contribution in [2.24, 2.45) is 5.92 Å². The van der Waals surface area contributed by atoms with E-state index in [4.69, 9.17) is 0 Å². The molecule has 21 heavy (non-hydrogen) atoms. The van der Waals surface area contributed by atoms with Gasteiger partial charge in [-0.25, -0.2) is 0 Å². The Labute approximate surface area is 133 Å². The number of Topliss-reactive ketones (excluding diaryl/α,β-unsaturated/α-hetero) is 1. The van der Waals surface area contributed by atoms with Gasteiger partial charge in [0, 0.05) is 5.92 Å². The SMILES string of the molecule is C=C(C)S/C=C(\C)c1ccccc1.CC(=O)C1CCCC1. The second-order valence-corrected chi connectivity index (χ2v) is 6.75. The molecule has 0 spiro atoms. The van der Waals surface area contributed by atoms with Crippen LogP contribution >= 0.6 is 11.8 Å². The third-order valence-corrected chi connectivity index (χ3v) is 4.47. The van der Waals surface area contributed by atoms with E-state index in [0.717, 1.165) is 17.7 Å². The molecule has 0 heterocycles. The van der Waals surface area contributed by atoms with Gasteiger partial charge in [-0.2, -0.15) is 0 Å². The summed E-state index contributed by atoms with van der Waals surface area (Å²) in [6.45, 7) is 9.67. The lowest BCUT2D eigenvalue weighted by molar-refractivity contribution is -0.120. The largest absolute Gasteiger partial charge is 0.300 e. The van der Waals surface area contributed by atoms with Gasteiger partial charge in [0.15, 0.2) is 0 Å². The first-order valence-corrected chi connectivity index (χ1v) is 8.43. The maximum atomic E-state index is 10.6. The minimum Gasteiger partial charge on any atom is -0.300 e. The molecule has 1 saturated carbocycles. The van der Waals surface area contributed by atoms with Gasteiger partial charge in [0.25, 0.3) is 0 Å². The van der Waals surface area contributed by atoms with E-state index in [1.165, 1.54) is 24.0 Å². The highest BCUT2D eigenvalue weighted by Crippen LogP contribution is 2.24. The molecule has 0 aromatic heterocycles. The Morgan fingerprint density at radius 3 is 2.14 bits per heavy atom. The predicted molar refractivity (Wildman–Crippen MR) is 95.1 cm³/mol. The Bertz CT molecular complexity index is 482. The molecule has 1 aromatic carbocycles. The van der Waals surface area contributed by atoms with Crippen molar-refractivity contribution in [3.8, 4) is 0 Å². The van der Waals surface area contributed by atoms with E-state index in [1.54, 1.807) is 18.7 Å². The average molecular weight is 302 g/mol. The molecular formula is C19H26OS. The minimum atomic E-state index is 0.391. The zero-order valence-corrected chi connectivity index (χ0v) is 14.2. The molecule has 0 atom stereocenters. The van der Waals surface area contributed by atoms with Crippen LogP contribution in [0.4, 0.5) is 0 Å². The first kappa shape index (κ1) is 17.8. The summed E-state index contributed by atoms with van der Waals surface area (Å²) >= 11 is 1.68. The smallest absolute Gasteiger partial charge is 0.132 e. The van der Waals surface area contributed by atoms with Gasteiger partial charge in [-0.1, -0.05) is 49.8 Å². The van der Waals surface area contributed by atoms with Crippen LogP contribution in [0.15, 0.2) is 47.2 Å². The summed E-state index contributed by atoms with van der Waals surface area (Å²) in [6.07, 6.45) is 4.83. The highest BCUT2D eigenvalue weighted by atomic mass is 32.2. The van der Waals surface area contributed by atoms with Gasteiger partial charge in [0.05, 0.1) is 0 Å². The van der Waals surface area contributed by atoms with Crippen molar-refractivity contribution in [3.05, 3.63) is 52.8 Å². The van der Waals surface area contributed by atoms with E-state index in [1.807, 2.05) is 13.0 Å². The Morgan fingerprint density at radius 1 is 1.14 bits per heavy atom. The van der Waals surface area contributed by atoms with Crippen molar-refractivity contribution < 1.29 is 4.79 Å². The monoisotopic (exact) mass is 302 g/mol. The molecule has 2 heteroatoms. The van der Waals surface area contributed by atoms with Crippen LogP contribution in [-0.4, -0.2) is 5.78 Å². The van der Waals surface area contributed by atoms with Crippen LogP contribution in [0.5, 0.6) is 0 Å². The zero-order chi connectivity index (χ0) is 15.7. The van der Waals surface area contributed by atoms with E-state index in [0.29, 0.717) is 11.7 Å². The summed E-state index contributed by atoms with van der Waals surface area (Å²) in [6, 6.07) is 10.4. The molecule has 0 amide bonds. The van der Waals surface area contributed by atoms with Crippen molar-refractivity contribution in [2.45, 2.75) is 46.5 Å². The number of benzene rings is 1. The third kappa shape index (κ3) is 7.33. The topological polar surface area (TPSA) is 17.1 Å². The minimum absolute atomic E-state index is 0.391. The fraction of sp³-hybridized carbons (Fsp3) is 0.421. The molecule has 1 nitrogen and oxygen atoms in total. The van der Waals surface area contributed by atoms with Gasteiger partial charge < -0.3 is 0 Å². The summed E-state index contributed by atoms with van der Waals surface area (Å²) in [4.78, 5) is 11.8. The average Bonchev–Trinajstić information content (AvgIpc) is 3.01. The van der Waals surface area contributed by atoms with E-state index in [2.05, 4.69) is 43.2 Å². The van der Waals surface area contributed by atoms with Crippen LogP contribution in [0.1, 0.15) is 52.0 Å². The van der Waals surface area contributed by atoms with Gasteiger partial charge in [0.2, 0.25) is 0 Å². The lowest BCUT2D eigenvalue weighted by Crippen LogP contribution is -2.04. The van der Waals surface area contributed by atoms with Crippen LogP contribution in [0.3, 0.4) is 0 Å². The molecule has 1 fully saturated rings. The van der Waals surface area contributed by atoms with Crippen molar-refractivity contribution in [3.63, 3.8) is 0 Å². The second kappa shape index (κ2) is 9.62. The molecule has 0 saturated heterocycles. The maximum absolute atomic E-state index is 10.6. The lowest BCUT2D eigenvalue weighted by atomic mass is 10.0. The maximum Gasteiger partial charge on any atom is 0.132 e. The van der Waals surface area contributed by atoms with Crippen LogP contribution in [0.2, 0.25) is 0 Å². The Morgan fingerprint density at radius 2 is 1.71 bits per heavy atom. The van der Waals surface area contributed by atoms with Crippen molar-refractivity contribution in [2.75, 3.05) is 0 Å². The number of ketones is 1. The Balaban J connectivity index is 0.000000235. The normalized spacial score (nSPS) is 15.3. The molecule has 114 valence electrons. The van der Waals surface area contributed by atoms with Gasteiger partial charge in [-0.15, -0.1) is 11.8 Å². The third-order valence-electron chi connectivity index (χ3n) is 3.60. The van der Waals surface area contributed by atoms with Crippen LogP contribution in [0, 0.1) is 5.92 Å². The highest BCUT2D eigenvalue weighted by molar-refractivity contribution is 8.05. The fourth-order valence-electron chi connectivity index (χ4n) is 2.29. The molecule has 2 rings (SSSR count). The first-order valence-electron chi connectivity index (χ1n) is 7.55. The predicted octanol–water partition coefficient (Wildman–Crippen LogP) is 6.08. The number of rotatable bonds is 4. The molecule has 0 aliphatic heterocycles. The van der Waals surface area contributed by atoms with E-state index in [9.17, 15) is 4.79 Å². The number of carbonyl (C=O) groups excluding carboxylic acids is 1. The standard InChI is InChI=1S/C12H14S.C7H12O/c1-10(2)13-9-11(3)12-7-5-4-6-8-12;1-6(8)7-4-2-3-5-7/h4-9H,1H2,2-3H3;7H,2-5H2,1H3/b11-9+;. The molecule has 0 bridgehead atoms. The van der Waals surface area contributed by atoms with E-state index >= 15 is 0 Å². The Hall–Kier alpha value is -1.28. The van der Waals surface area contributed by atoms with E-state index in [-0.39, 0.29) is 0 Å². The van der Waals surface area contributed by atoms with Crippen molar-refractivity contribution in [1.29, 1.82) is 0 Å². The van der Waals surface area contributed by atoms with E-state index < -0.39 is 0 Å². The number of carbonyl (C=O) groups is 1. The summed E-state index contributed by atoms with van der Waals surface area (Å²) in [7, 11) is 0. The van der Waals surface area contributed by atoms with Gasteiger partial charge in [0.1, 0.15) is 5.78 Å². The van der Waals surface area contributed by atoms with Gasteiger partial charge in [-0.05, 0) is 55.1 Å². The van der Waals surface area contributed by atoms with Gasteiger partial charge in [-0.3, -0.25) is 4.79 Å². The second-order valence-electron chi connectivity index (χ2n) is 5.58. The number of hydrogen-bond acceptors (Lipinski definition) is 2. The van der Waals surface area contributed by atoms with Crippen LogP contribution in [-0.2, 0) is 4.79 Å². The Kier molecular flexibility index (Phi) is 8.14. The zero-order valence-electron chi connectivity index (χ0n) is 13.4. The molecule has 0 unspecified atom stereocenters. The van der Waals surface area contributed by atoms with Crippen LogP contribution in [0.25, 0.3) is 5.57 Å². The molecular weight excluding hydrogens is 276 g/mol. The molecule has 1 aliphatic rings. The summed E-state index contributed by atoms with van der Waals surface area (Å²) in [5.41, 5.74) is 2.56. The molecule has 0 N–H and O–H groups in total. The summed E-state index contributed by atoms with van der Waals surface area (Å²) < 4.78 is 0. The fourth-order valence-corrected chi connectivity index (χ4v) is 2.80. The van der Waals surface area contributed by atoms with Crippen molar-refractivity contribution >= 4 is 23.1 Å². The van der Waals surface area contributed by atoms with Crippen LogP contribution < -0.4 is 0 Å². The molecule has 1 aromatic rings. The number of hydrogen-bond donors (Lipinski definition) is 0. The number of allylic oxidation sites excluding steroid dienone is 2. The first-order chi connectivity index (χ1) is 10.0. The number of thioether (sulfide) groups is 1. The highest BCUT2D eigenvalue weighted by Gasteiger charge is 2.18. The van der Waals surface area contributed by atoms with Crippen molar-refractivity contribution in [1.82, 2.24) is 0 Å². The van der Waals surface area contributed by atoms with Gasteiger partial charge >= 0.3 is 0 Å².